The standard InChI is InChI=1S/C14H23N3O/c1-11(2)12-5-4-6-13(9-12)16-14(18)10-17(3)8-7-15/h4-6,9,11H,7-8,10,15H2,1-3H3,(H,16,18). The van der Waals surface area contributed by atoms with Gasteiger partial charge in [0.15, 0.2) is 0 Å². The molecule has 100 valence electrons. The number of carbonyl (C=O) groups is 1. The first-order chi connectivity index (χ1) is 8.52. The minimum atomic E-state index is -0.00754. The number of likely N-dealkylation sites (N-methyl/N-ethyl adjacent to an activating group) is 1. The lowest BCUT2D eigenvalue weighted by Gasteiger charge is -2.15. The molecule has 0 heterocycles. The molecule has 0 aliphatic heterocycles. The highest BCUT2D eigenvalue weighted by atomic mass is 16.2. The highest BCUT2D eigenvalue weighted by Crippen LogP contribution is 2.18. The molecule has 0 unspecified atom stereocenters. The Morgan fingerprint density at radius 1 is 1.44 bits per heavy atom. The van der Waals surface area contributed by atoms with Gasteiger partial charge in [0.1, 0.15) is 0 Å². The third-order valence-corrected chi connectivity index (χ3v) is 2.76. The maximum atomic E-state index is 11.8. The van der Waals surface area contributed by atoms with Crippen LogP contribution in [-0.2, 0) is 4.79 Å². The zero-order chi connectivity index (χ0) is 13.5. The minimum absolute atomic E-state index is 0.00754. The zero-order valence-electron chi connectivity index (χ0n) is 11.4. The van der Waals surface area contributed by atoms with E-state index in [1.54, 1.807) is 0 Å². The van der Waals surface area contributed by atoms with Crippen LogP contribution >= 0.6 is 0 Å². The maximum absolute atomic E-state index is 11.8. The largest absolute Gasteiger partial charge is 0.329 e. The molecule has 4 nitrogen and oxygen atoms in total. The number of anilines is 1. The van der Waals surface area contributed by atoms with Crippen molar-refractivity contribution in [3.63, 3.8) is 0 Å². The number of nitrogens with two attached hydrogens (primary N) is 1. The molecule has 0 fully saturated rings. The Kier molecular flexibility index (Phi) is 5.82. The highest BCUT2D eigenvalue weighted by Gasteiger charge is 2.07. The molecule has 0 saturated carbocycles. The predicted molar refractivity (Wildman–Crippen MR) is 75.7 cm³/mol. The van der Waals surface area contributed by atoms with Crippen molar-refractivity contribution in [1.82, 2.24) is 4.90 Å². The average molecular weight is 249 g/mol. The van der Waals surface area contributed by atoms with E-state index in [1.165, 1.54) is 5.56 Å². The predicted octanol–water partition coefficient (Wildman–Crippen LogP) is 1.64. The first-order valence-corrected chi connectivity index (χ1v) is 6.31. The van der Waals surface area contributed by atoms with E-state index in [1.807, 2.05) is 30.1 Å². The molecule has 1 aromatic carbocycles. The molecule has 0 bridgehead atoms. The van der Waals surface area contributed by atoms with Crippen molar-refractivity contribution in [1.29, 1.82) is 0 Å². The number of hydrogen-bond donors (Lipinski definition) is 2. The van der Waals surface area contributed by atoms with Crippen molar-refractivity contribution in [2.75, 3.05) is 32.0 Å². The maximum Gasteiger partial charge on any atom is 0.238 e. The summed E-state index contributed by atoms with van der Waals surface area (Å²) in [6, 6.07) is 7.97. The van der Waals surface area contributed by atoms with Gasteiger partial charge in [0.05, 0.1) is 6.54 Å². The average Bonchev–Trinajstić information content (AvgIpc) is 2.29. The molecule has 1 amide bonds. The number of rotatable bonds is 6. The summed E-state index contributed by atoms with van der Waals surface area (Å²) >= 11 is 0. The summed E-state index contributed by atoms with van der Waals surface area (Å²) in [5.74, 6) is 0.452. The van der Waals surface area contributed by atoms with Crippen LogP contribution in [-0.4, -0.2) is 37.5 Å². The Balaban J connectivity index is 2.56. The molecule has 0 radical (unpaired) electrons. The highest BCUT2D eigenvalue weighted by molar-refractivity contribution is 5.92. The molecule has 1 rings (SSSR count). The second kappa shape index (κ2) is 7.13. The summed E-state index contributed by atoms with van der Waals surface area (Å²) in [5.41, 5.74) is 7.52. The number of nitrogens with zero attached hydrogens (tertiary/aromatic N) is 1. The van der Waals surface area contributed by atoms with Crippen molar-refractivity contribution in [2.45, 2.75) is 19.8 Å². The van der Waals surface area contributed by atoms with Gasteiger partial charge in [-0.1, -0.05) is 26.0 Å². The first kappa shape index (κ1) is 14.7. The Hall–Kier alpha value is -1.39. The van der Waals surface area contributed by atoms with Crippen LogP contribution in [0.1, 0.15) is 25.3 Å². The molecule has 3 N–H and O–H groups in total. The van der Waals surface area contributed by atoms with Gasteiger partial charge in [-0.05, 0) is 30.7 Å². The number of carbonyl (C=O) groups excluding carboxylic acids is 1. The Morgan fingerprint density at radius 2 is 2.17 bits per heavy atom. The van der Waals surface area contributed by atoms with Gasteiger partial charge in [0.25, 0.3) is 0 Å². The number of hydrogen-bond acceptors (Lipinski definition) is 3. The van der Waals surface area contributed by atoms with Crippen molar-refractivity contribution < 1.29 is 4.79 Å². The normalized spacial score (nSPS) is 11.0. The Labute approximate surface area is 109 Å². The summed E-state index contributed by atoms with van der Waals surface area (Å²) < 4.78 is 0. The van der Waals surface area contributed by atoms with Gasteiger partial charge in [-0.2, -0.15) is 0 Å². The van der Waals surface area contributed by atoms with Gasteiger partial charge in [-0.3, -0.25) is 9.69 Å². The van der Waals surface area contributed by atoms with Crippen molar-refractivity contribution >= 4 is 11.6 Å². The van der Waals surface area contributed by atoms with Crippen LogP contribution in [0.5, 0.6) is 0 Å². The van der Waals surface area contributed by atoms with E-state index < -0.39 is 0 Å². The smallest absolute Gasteiger partial charge is 0.238 e. The van der Waals surface area contributed by atoms with Crippen LogP contribution in [0.25, 0.3) is 0 Å². The lowest BCUT2D eigenvalue weighted by atomic mass is 10.0. The molecule has 0 aliphatic rings. The van der Waals surface area contributed by atoms with E-state index in [0.29, 0.717) is 19.0 Å². The molecule has 4 heteroatoms. The topological polar surface area (TPSA) is 58.4 Å². The summed E-state index contributed by atoms with van der Waals surface area (Å²) in [5, 5.41) is 2.91. The second-order valence-electron chi connectivity index (χ2n) is 4.85. The van der Waals surface area contributed by atoms with Crippen molar-refractivity contribution in [3.05, 3.63) is 29.8 Å². The van der Waals surface area contributed by atoms with E-state index in [9.17, 15) is 4.79 Å². The monoisotopic (exact) mass is 249 g/mol. The van der Waals surface area contributed by atoms with Crippen LogP contribution in [0, 0.1) is 0 Å². The van der Waals surface area contributed by atoms with Gasteiger partial charge in [0.2, 0.25) is 5.91 Å². The van der Waals surface area contributed by atoms with E-state index >= 15 is 0 Å². The second-order valence-corrected chi connectivity index (χ2v) is 4.85. The summed E-state index contributed by atoms with van der Waals surface area (Å²) in [4.78, 5) is 13.7. The van der Waals surface area contributed by atoms with Crippen molar-refractivity contribution in [3.8, 4) is 0 Å². The number of amides is 1. The van der Waals surface area contributed by atoms with Gasteiger partial charge in [-0.25, -0.2) is 0 Å². The van der Waals surface area contributed by atoms with E-state index in [2.05, 4.69) is 25.2 Å². The quantitative estimate of drug-likeness (QED) is 0.806. The molecule has 1 aromatic rings. The first-order valence-electron chi connectivity index (χ1n) is 6.31. The Bertz CT molecular complexity index is 390. The Morgan fingerprint density at radius 3 is 2.78 bits per heavy atom. The van der Waals surface area contributed by atoms with Gasteiger partial charge in [-0.15, -0.1) is 0 Å². The van der Waals surface area contributed by atoms with E-state index in [4.69, 9.17) is 5.73 Å². The van der Waals surface area contributed by atoms with Gasteiger partial charge in [0, 0.05) is 18.8 Å². The van der Waals surface area contributed by atoms with Gasteiger partial charge >= 0.3 is 0 Å². The lowest BCUT2D eigenvalue weighted by molar-refractivity contribution is -0.117. The molecular weight excluding hydrogens is 226 g/mol. The molecule has 0 spiro atoms. The number of benzene rings is 1. The van der Waals surface area contributed by atoms with Crippen LogP contribution in [0.2, 0.25) is 0 Å². The lowest BCUT2D eigenvalue weighted by Crippen LogP contribution is -2.33. The molecule has 0 atom stereocenters. The fourth-order valence-corrected chi connectivity index (χ4v) is 1.72. The van der Waals surface area contributed by atoms with Crippen molar-refractivity contribution in [2.24, 2.45) is 5.73 Å². The fraction of sp³-hybridized carbons (Fsp3) is 0.500. The third kappa shape index (κ3) is 4.85. The molecule has 0 aromatic heterocycles. The van der Waals surface area contributed by atoms with Crippen LogP contribution < -0.4 is 11.1 Å². The van der Waals surface area contributed by atoms with Crippen LogP contribution in [0.4, 0.5) is 5.69 Å². The minimum Gasteiger partial charge on any atom is -0.329 e. The van der Waals surface area contributed by atoms with Crippen LogP contribution in [0.3, 0.4) is 0 Å². The van der Waals surface area contributed by atoms with Crippen LogP contribution in [0.15, 0.2) is 24.3 Å². The molecule has 0 aliphatic carbocycles. The van der Waals surface area contributed by atoms with Gasteiger partial charge < -0.3 is 11.1 Å². The zero-order valence-corrected chi connectivity index (χ0v) is 11.4. The van der Waals surface area contributed by atoms with E-state index in [0.717, 1.165) is 12.2 Å². The molecule has 18 heavy (non-hydrogen) atoms. The molecular formula is C14H23N3O. The van der Waals surface area contributed by atoms with E-state index in [-0.39, 0.29) is 5.91 Å². The SMILES string of the molecule is CC(C)c1cccc(NC(=O)CN(C)CCN)c1. The molecule has 0 saturated heterocycles. The number of nitrogens with one attached hydrogen (secondary N) is 1. The summed E-state index contributed by atoms with van der Waals surface area (Å²) in [7, 11) is 1.89. The fourth-order valence-electron chi connectivity index (χ4n) is 1.72. The summed E-state index contributed by atoms with van der Waals surface area (Å²) in [6.07, 6.45) is 0. The summed E-state index contributed by atoms with van der Waals surface area (Å²) in [6.45, 7) is 5.92. The third-order valence-electron chi connectivity index (χ3n) is 2.76.